The quantitative estimate of drug-likeness (QED) is 0.276. The summed E-state index contributed by atoms with van der Waals surface area (Å²) in [6.07, 6.45) is 2.00. The first-order chi connectivity index (χ1) is 9.42. The van der Waals surface area contributed by atoms with Crippen molar-refractivity contribution in [1.82, 2.24) is 5.32 Å². The smallest absolute Gasteiger partial charge is 0.237 e. The molecule has 0 bridgehead atoms. The van der Waals surface area contributed by atoms with Crippen LogP contribution in [0.5, 0.6) is 0 Å². The lowest BCUT2D eigenvalue weighted by Crippen LogP contribution is -2.43. The molecule has 0 spiro atoms. The van der Waals surface area contributed by atoms with Crippen molar-refractivity contribution in [3.8, 4) is 0 Å². The lowest BCUT2D eigenvalue weighted by atomic mass is 10.0. The molecule has 6 N–H and O–H groups in total. The minimum Gasteiger partial charge on any atom is -0.396 e. The van der Waals surface area contributed by atoms with Gasteiger partial charge in [-0.05, 0) is 25.3 Å². The van der Waals surface area contributed by atoms with E-state index in [1.165, 1.54) is 0 Å². The first-order valence-electron chi connectivity index (χ1n) is 6.82. The van der Waals surface area contributed by atoms with Crippen LogP contribution in [0.15, 0.2) is 0 Å². The third-order valence-corrected chi connectivity index (χ3v) is 2.89. The van der Waals surface area contributed by atoms with Gasteiger partial charge in [0.1, 0.15) is 0 Å². The van der Waals surface area contributed by atoms with Crippen LogP contribution in [0.3, 0.4) is 0 Å². The van der Waals surface area contributed by atoms with Gasteiger partial charge in [-0.2, -0.15) is 0 Å². The molecule has 1 unspecified atom stereocenters. The summed E-state index contributed by atoms with van der Waals surface area (Å²) in [5.74, 6) is -1.98. The summed E-state index contributed by atoms with van der Waals surface area (Å²) in [6.45, 7) is 1.71. The zero-order valence-corrected chi connectivity index (χ0v) is 11.9. The molecule has 7 heteroatoms. The number of unbranched alkanes of at least 4 members (excludes halogenated alkanes) is 1. The molecule has 7 nitrogen and oxygen atoms in total. The molecule has 1 amide bonds. The van der Waals surface area contributed by atoms with Crippen LogP contribution in [0, 0.1) is 5.92 Å². The molecular weight excluding hydrogens is 262 g/mol. The monoisotopic (exact) mass is 287 g/mol. The molecule has 0 rings (SSSR count). The second-order valence-electron chi connectivity index (χ2n) is 4.95. The lowest BCUT2D eigenvalue weighted by Gasteiger charge is -2.11. The summed E-state index contributed by atoms with van der Waals surface area (Å²) in [4.78, 5) is 34.5. The summed E-state index contributed by atoms with van der Waals surface area (Å²) in [5.41, 5.74) is 11.0. The topological polar surface area (TPSA) is 136 Å². The Balaban J connectivity index is 3.98. The molecule has 116 valence electrons. The van der Waals surface area contributed by atoms with E-state index < -0.39 is 23.5 Å². The summed E-state index contributed by atoms with van der Waals surface area (Å²) in [5, 5.41) is 11.2. The minimum absolute atomic E-state index is 0.0201. The fraction of sp³-hybridized carbons (Fsp3) is 0.769. The zero-order valence-electron chi connectivity index (χ0n) is 11.9. The van der Waals surface area contributed by atoms with Crippen molar-refractivity contribution in [2.75, 3.05) is 19.7 Å². The number of hydrogen-bond acceptors (Lipinski definition) is 6. The molecule has 0 aliphatic carbocycles. The Hall–Kier alpha value is -1.31. The first-order valence-corrected chi connectivity index (χ1v) is 6.82. The molecule has 0 radical (unpaired) electrons. The second-order valence-corrected chi connectivity index (χ2v) is 4.95. The van der Waals surface area contributed by atoms with E-state index in [4.69, 9.17) is 16.6 Å². The molecule has 0 aliphatic heterocycles. The second kappa shape index (κ2) is 10.5. The van der Waals surface area contributed by atoms with Gasteiger partial charge < -0.3 is 21.9 Å². The van der Waals surface area contributed by atoms with Crippen molar-refractivity contribution in [2.24, 2.45) is 17.4 Å². The molecule has 20 heavy (non-hydrogen) atoms. The van der Waals surface area contributed by atoms with Gasteiger partial charge in [0.15, 0.2) is 0 Å². The van der Waals surface area contributed by atoms with Gasteiger partial charge in [-0.1, -0.05) is 13.3 Å². The Labute approximate surface area is 119 Å². The molecule has 0 saturated heterocycles. The standard InChI is InChI=1S/C13H25N3O4/c1-9(8-17)6-11(18)12(19)7-16-13(20)10(15)4-2-3-5-14/h9-10,17H,2-8,14-15H2,1H3,(H,16,20)/t9?,10-/m0/s1. The third kappa shape index (κ3) is 7.98. The van der Waals surface area contributed by atoms with Crippen LogP contribution < -0.4 is 16.8 Å². The number of ketones is 2. The highest BCUT2D eigenvalue weighted by Crippen LogP contribution is 2.01. The van der Waals surface area contributed by atoms with Crippen LogP contribution in [0.25, 0.3) is 0 Å². The van der Waals surface area contributed by atoms with Gasteiger partial charge in [-0.25, -0.2) is 0 Å². The average molecular weight is 287 g/mol. The summed E-state index contributed by atoms with van der Waals surface area (Å²) < 4.78 is 0. The molecule has 0 fully saturated rings. The van der Waals surface area contributed by atoms with Crippen LogP contribution in [-0.2, 0) is 14.4 Å². The number of aliphatic hydroxyl groups is 1. The van der Waals surface area contributed by atoms with Gasteiger partial charge in [0.25, 0.3) is 0 Å². The molecule has 0 aliphatic rings. The summed E-state index contributed by atoms with van der Waals surface area (Å²) >= 11 is 0. The maximum Gasteiger partial charge on any atom is 0.237 e. The van der Waals surface area contributed by atoms with E-state index in [1.54, 1.807) is 6.92 Å². The Kier molecular flexibility index (Phi) is 9.79. The number of hydrogen-bond donors (Lipinski definition) is 4. The van der Waals surface area contributed by atoms with Gasteiger partial charge in [-0.15, -0.1) is 0 Å². The fourth-order valence-electron chi connectivity index (χ4n) is 1.53. The number of amides is 1. The molecular formula is C13H25N3O4. The van der Waals surface area contributed by atoms with Crippen molar-refractivity contribution in [3.05, 3.63) is 0 Å². The molecule has 0 aromatic carbocycles. The van der Waals surface area contributed by atoms with Crippen LogP contribution in [0.1, 0.15) is 32.6 Å². The molecule has 0 saturated carbocycles. The third-order valence-electron chi connectivity index (χ3n) is 2.89. The molecule has 0 aromatic rings. The lowest BCUT2D eigenvalue weighted by molar-refractivity contribution is -0.137. The highest BCUT2D eigenvalue weighted by Gasteiger charge is 2.19. The predicted molar refractivity (Wildman–Crippen MR) is 74.8 cm³/mol. The van der Waals surface area contributed by atoms with E-state index >= 15 is 0 Å². The van der Waals surface area contributed by atoms with E-state index in [2.05, 4.69) is 5.32 Å². The number of carbonyl (C=O) groups excluding carboxylic acids is 3. The Morgan fingerprint density at radius 1 is 1.20 bits per heavy atom. The highest BCUT2D eigenvalue weighted by atomic mass is 16.3. The van der Waals surface area contributed by atoms with E-state index in [-0.39, 0.29) is 25.5 Å². The van der Waals surface area contributed by atoms with E-state index in [0.717, 1.165) is 12.8 Å². The van der Waals surface area contributed by atoms with Crippen molar-refractivity contribution < 1.29 is 19.5 Å². The summed E-state index contributed by atoms with van der Waals surface area (Å²) in [7, 11) is 0. The average Bonchev–Trinajstić information content (AvgIpc) is 2.43. The Morgan fingerprint density at radius 3 is 2.40 bits per heavy atom. The van der Waals surface area contributed by atoms with Crippen molar-refractivity contribution in [2.45, 2.75) is 38.6 Å². The number of nitrogens with two attached hydrogens (primary N) is 2. The minimum atomic E-state index is -0.694. The van der Waals surface area contributed by atoms with Gasteiger partial charge >= 0.3 is 0 Å². The SMILES string of the molecule is CC(CO)CC(=O)C(=O)CNC(=O)[C@@H](N)CCCCN. The van der Waals surface area contributed by atoms with Crippen LogP contribution in [-0.4, -0.2) is 48.3 Å². The van der Waals surface area contributed by atoms with E-state index in [9.17, 15) is 14.4 Å². The number of nitrogens with one attached hydrogen (secondary N) is 1. The van der Waals surface area contributed by atoms with Crippen molar-refractivity contribution >= 4 is 17.5 Å². The fourth-order valence-corrected chi connectivity index (χ4v) is 1.53. The normalized spacial score (nSPS) is 13.6. The van der Waals surface area contributed by atoms with Crippen LogP contribution in [0.4, 0.5) is 0 Å². The number of carbonyl (C=O) groups is 3. The number of Topliss-reactive ketones (excluding diaryl/α,β-unsaturated/α-hetero) is 2. The molecule has 0 heterocycles. The number of aliphatic hydroxyl groups excluding tert-OH is 1. The maximum absolute atomic E-state index is 11.6. The molecule has 0 aromatic heterocycles. The maximum atomic E-state index is 11.6. The van der Waals surface area contributed by atoms with Crippen LogP contribution >= 0.6 is 0 Å². The number of rotatable bonds is 11. The first kappa shape index (κ1) is 18.7. The van der Waals surface area contributed by atoms with E-state index in [0.29, 0.717) is 13.0 Å². The Bertz CT molecular complexity index is 334. The van der Waals surface area contributed by atoms with Gasteiger partial charge in [0.05, 0.1) is 12.6 Å². The van der Waals surface area contributed by atoms with Crippen molar-refractivity contribution in [3.63, 3.8) is 0 Å². The molecule has 2 atom stereocenters. The largest absolute Gasteiger partial charge is 0.396 e. The summed E-state index contributed by atoms with van der Waals surface area (Å²) in [6, 6.07) is -0.694. The van der Waals surface area contributed by atoms with Gasteiger partial charge in [0, 0.05) is 13.0 Å². The highest BCUT2D eigenvalue weighted by molar-refractivity contribution is 6.38. The van der Waals surface area contributed by atoms with Gasteiger partial charge in [-0.3, -0.25) is 14.4 Å². The predicted octanol–water partition coefficient (Wildman–Crippen LogP) is -1.28. The van der Waals surface area contributed by atoms with Crippen molar-refractivity contribution in [1.29, 1.82) is 0 Å². The van der Waals surface area contributed by atoms with E-state index in [1.807, 2.05) is 0 Å². The van der Waals surface area contributed by atoms with Gasteiger partial charge in [0.2, 0.25) is 17.5 Å². The zero-order chi connectivity index (χ0) is 15.5. The Morgan fingerprint density at radius 2 is 1.85 bits per heavy atom. The van der Waals surface area contributed by atoms with Crippen LogP contribution in [0.2, 0.25) is 0 Å².